The van der Waals surface area contributed by atoms with Gasteiger partial charge in [-0.15, -0.1) is 0 Å². The van der Waals surface area contributed by atoms with Gasteiger partial charge >= 0.3 is 0 Å². The Hall–Kier alpha value is -2.29. The van der Waals surface area contributed by atoms with E-state index in [1.807, 2.05) is 6.92 Å². The van der Waals surface area contributed by atoms with Crippen molar-refractivity contribution < 1.29 is 22.7 Å². The first kappa shape index (κ1) is 22.4. The Morgan fingerprint density at radius 1 is 1.17 bits per heavy atom. The van der Waals surface area contributed by atoms with Crippen molar-refractivity contribution in [3.8, 4) is 11.5 Å². The third-order valence-electron chi connectivity index (χ3n) is 5.19. The molecule has 1 fully saturated rings. The van der Waals surface area contributed by atoms with Crippen LogP contribution in [0.5, 0.6) is 11.5 Å². The fourth-order valence-electron chi connectivity index (χ4n) is 3.50. The van der Waals surface area contributed by atoms with Crippen LogP contribution in [0.1, 0.15) is 18.4 Å². The summed E-state index contributed by atoms with van der Waals surface area (Å²) in [5, 5.41) is 3.49. The molecule has 0 radical (unpaired) electrons. The van der Waals surface area contributed by atoms with Gasteiger partial charge in [-0.3, -0.25) is 4.79 Å². The van der Waals surface area contributed by atoms with Crippen LogP contribution in [-0.2, 0) is 14.8 Å². The molecule has 3 rings (SSSR count). The maximum absolute atomic E-state index is 13.3. The summed E-state index contributed by atoms with van der Waals surface area (Å²) in [6.45, 7) is 2.29. The van der Waals surface area contributed by atoms with Crippen LogP contribution >= 0.6 is 11.6 Å². The highest BCUT2D eigenvalue weighted by Crippen LogP contribution is 2.33. The van der Waals surface area contributed by atoms with E-state index in [-0.39, 0.29) is 23.1 Å². The normalized spacial score (nSPS) is 17.4. The Morgan fingerprint density at radius 3 is 2.60 bits per heavy atom. The predicted molar refractivity (Wildman–Crippen MR) is 116 cm³/mol. The number of aryl methyl sites for hydroxylation is 1. The Kier molecular flexibility index (Phi) is 6.90. The maximum atomic E-state index is 13.3. The third kappa shape index (κ3) is 4.71. The SMILES string of the molecule is COc1ccc(OC)c(S(=O)(=O)N2CCC[C@@H](C(=O)Nc3ccc(Cl)cc3C)C2)c1. The number of halogens is 1. The summed E-state index contributed by atoms with van der Waals surface area (Å²) in [4.78, 5) is 12.9. The molecular weight excluding hydrogens is 428 g/mol. The highest BCUT2D eigenvalue weighted by Gasteiger charge is 2.35. The Bertz CT molecular complexity index is 1040. The van der Waals surface area contributed by atoms with Crippen molar-refractivity contribution in [3.63, 3.8) is 0 Å². The minimum absolute atomic E-state index is 0.0268. The molecule has 1 aliphatic heterocycles. The lowest BCUT2D eigenvalue weighted by molar-refractivity contribution is -0.120. The minimum atomic E-state index is -3.86. The van der Waals surface area contributed by atoms with Crippen molar-refractivity contribution >= 4 is 33.2 Å². The molecule has 1 atom stereocenters. The van der Waals surface area contributed by atoms with E-state index in [1.54, 1.807) is 30.3 Å². The Labute approximate surface area is 182 Å². The molecule has 7 nitrogen and oxygen atoms in total. The van der Waals surface area contributed by atoms with Crippen LogP contribution < -0.4 is 14.8 Å². The van der Waals surface area contributed by atoms with Crippen LogP contribution in [0.25, 0.3) is 0 Å². The van der Waals surface area contributed by atoms with Gasteiger partial charge in [-0.2, -0.15) is 4.31 Å². The zero-order chi connectivity index (χ0) is 21.9. The average molecular weight is 453 g/mol. The number of ether oxygens (including phenoxy) is 2. The summed E-state index contributed by atoms with van der Waals surface area (Å²) >= 11 is 5.97. The number of amides is 1. The lowest BCUT2D eigenvalue weighted by Crippen LogP contribution is -2.43. The van der Waals surface area contributed by atoms with Crippen LogP contribution in [-0.4, -0.2) is 45.9 Å². The molecule has 0 spiro atoms. The maximum Gasteiger partial charge on any atom is 0.246 e. The number of sulfonamides is 1. The Balaban J connectivity index is 1.80. The molecule has 0 saturated carbocycles. The fraction of sp³-hybridized carbons (Fsp3) is 0.381. The average Bonchev–Trinajstić information content (AvgIpc) is 2.75. The number of methoxy groups -OCH3 is 2. The second-order valence-corrected chi connectivity index (χ2v) is 9.51. The van der Waals surface area contributed by atoms with E-state index in [0.29, 0.717) is 35.8 Å². The van der Waals surface area contributed by atoms with Gasteiger partial charge in [-0.25, -0.2) is 8.42 Å². The van der Waals surface area contributed by atoms with Crippen molar-refractivity contribution in [2.24, 2.45) is 5.92 Å². The number of hydrogen-bond donors (Lipinski definition) is 1. The smallest absolute Gasteiger partial charge is 0.246 e. The zero-order valence-electron chi connectivity index (χ0n) is 17.1. The number of benzene rings is 2. The van der Waals surface area contributed by atoms with E-state index in [2.05, 4.69) is 5.32 Å². The number of carbonyl (C=O) groups is 1. The molecule has 0 bridgehead atoms. The number of nitrogens with one attached hydrogen (secondary N) is 1. The van der Waals surface area contributed by atoms with Gasteiger partial charge in [0.15, 0.2) is 0 Å². The molecular formula is C21H25ClN2O5S. The number of nitrogens with zero attached hydrogens (tertiary/aromatic N) is 1. The van der Waals surface area contributed by atoms with E-state index < -0.39 is 15.9 Å². The van der Waals surface area contributed by atoms with Crippen LogP contribution in [0.4, 0.5) is 5.69 Å². The minimum Gasteiger partial charge on any atom is -0.497 e. The van der Waals surface area contributed by atoms with E-state index in [1.165, 1.54) is 24.6 Å². The van der Waals surface area contributed by atoms with Crippen LogP contribution in [0.3, 0.4) is 0 Å². The van der Waals surface area contributed by atoms with Crippen molar-refractivity contribution in [1.82, 2.24) is 4.31 Å². The van der Waals surface area contributed by atoms with Gasteiger partial charge in [0.1, 0.15) is 16.4 Å². The molecule has 30 heavy (non-hydrogen) atoms. The van der Waals surface area contributed by atoms with Crippen LogP contribution in [0.2, 0.25) is 5.02 Å². The predicted octanol–water partition coefficient (Wildman–Crippen LogP) is 3.71. The first-order chi connectivity index (χ1) is 14.3. The number of anilines is 1. The van der Waals surface area contributed by atoms with E-state index >= 15 is 0 Å². The standard InChI is InChI=1S/C21H25ClN2O5S/c1-14-11-16(22)6-8-18(14)23-21(25)15-5-4-10-24(13-15)30(26,27)20-12-17(28-2)7-9-19(20)29-3/h6-9,11-12,15H,4-5,10,13H2,1-3H3,(H,23,25)/t15-/m1/s1. The molecule has 0 aromatic heterocycles. The summed E-state index contributed by atoms with van der Waals surface area (Å²) in [7, 11) is -0.971. The van der Waals surface area contributed by atoms with Gasteiger partial charge in [-0.1, -0.05) is 11.6 Å². The number of carbonyl (C=O) groups excluding carboxylic acids is 1. The second-order valence-electron chi connectivity index (χ2n) is 7.17. The van der Waals surface area contributed by atoms with E-state index in [0.717, 1.165) is 5.56 Å². The van der Waals surface area contributed by atoms with Gasteiger partial charge in [0.2, 0.25) is 15.9 Å². The van der Waals surface area contributed by atoms with Gasteiger partial charge in [-0.05, 0) is 55.7 Å². The number of rotatable bonds is 6. The van der Waals surface area contributed by atoms with E-state index in [4.69, 9.17) is 21.1 Å². The van der Waals surface area contributed by atoms with Crippen molar-refractivity contribution in [2.45, 2.75) is 24.7 Å². The highest BCUT2D eigenvalue weighted by molar-refractivity contribution is 7.89. The fourth-order valence-corrected chi connectivity index (χ4v) is 5.42. The van der Waals surface area contributed by atoms with Crippen LogP contribution in [0.15, 0.2) is 41.3 Å². The summed E-state index contributed by atoms with van der Waals surface area (Å²) < 4.78 is 38.4. The molecule has 1 saturated heterocycles. The number of hydrogen-bond acceptors (Lipinski definition) is 5. The Morgan fingerprint density at radius 2 is 1.93 bits per heavy atom. The van der Waals surface area contributed by atoms with Gasteiger partial charge in [0.25, 0.3) is 0 Å². The molecule has 162 valence electrons. The molecule has 9 heteroatoms. The van der Waals surface area contributed by atoms with Gasteiger partial charge < -0.3 is 14.8 Å². The highest BCUT2D eigenvalue weighted by atomic mass is 35.5. The molecule has 1 aliphatic rings. The van der Waals surface area contributed by atoms with Crippen LogP contribution in [0, 0.1) is 12.8 Å². The van der Waals surface area contributed by atoms with Crippen molar-refractivity contribution in [1.29, 1.82) is 0 Å². The number of piperidine rings is 1. The molecule has 1 heterocycles. The lowest BCUT2D eigenvalue weighted by atomic mass is 9.98. The molecule has 1 amide bonds. The quantitative estimate of drug-likeness (QED) is 0.722. The largest absolute Gasteiger partial charge is 0.497 e. The topological polar surface area (TPSA) is 84.9 Å². The van der Waals surface area contributed by atoms with Gasteiger partial charge in [0, 0.05) is 29.9 Å². The second kappa shape index (κ2) is 9.24. The molecule has 1 N–H and O–H groups in total. The first-order valence-electron chi connectivity index (χ1n) is 9.55. The summed E-state index contributed by atoms with van der Waals surface area (Å²) in [6, 6.07) is 9.85. The van der Waals surface area contributed by atoms with Crippen molar-refractivity contribution in [3.05, 3.63) is 47.0 Å². The summed E-state index contributed by atoms with van der Waals surface area (Å²) in [5.41, 5.74) is 1.51. The molecule has 0 unspecified atom stereocenters. The summed E-state index contributed by atoms with van der Waals surface area (Å²) in [6.07, 6.45) is 1.20. The van der Waals surface area contributed by atoms with Crippen molar-refractivity contribution in [2.75, 3.05) is 32.6 Å². The molecule has 2 aromatic rings. The lowest BCUT2D eigenvalue weighted by Gasteiger charge is -2.31. The van der Waals surface area contributed by atoms with E-state index in [9.17, 15) is 13.2 Å². The zero-order valence-corrected chi connectivity index (χ0v) is 18.7. The summed E-state index contributed by atoms with van der Waals surface area (Å²) in [5.74, 6) is -0.0174. The first-order valence-corrected chi connectivity index (χ1v) is 11.4. The van der Waals surface area contributed by atoms with Gasteiger partial charge in [0.05, 0.1) is 20.1 Å². The molecule has 2 aromatic carbocycles. The third-order valence-corrected chi connectivity index (χ3v) is 7.31. The monoisotopic (exact) mass is 452 g/mol. The molecule has 0 aliphatic carbocycles.